The van der Waals surface area contributed by atoms with Crippen molar-refractivity contribution in [2.75, 3.05) is 6.61 Å². The van der Waals surface area contributed by atoms with Gasteiger partial charge in [-0.05, 0) is 61.2 Å². The number of esters is 1. The van der Waals surface area contributed by atoms with Crippen molar-refractivity contribution in [1.29, 1.82) is 0 Å². The van der Waals surface area contributed by atoms with Crippen LogP contribution in [0.5, 0.6) is 11.5 Å². The smallest absolute Gasteiger partial charge is 0.363 e. The number of rotatable bonds is 19. The Hall–Kier alpha value is -3.21. The molecule has 0 atom stereocenters. The van der Waals surface area contributed by atoms with E-state index < -0.39 is 5.97 Å². The first-order chi connectivity index (χ1) is 19.2. The van der Waals surface area contributed by atoms with Gasteiger partial charge < -0.3 is 9.47 Å². The fourth-order valence-corrected chi connectivity index (χ4v) is 4.55. The molecule has 2 aromatic carbocycles. The minimum absolute atomic E-state index is 0.183. The molecule has 0 aliphatic heterocycles. The van der Waals surface area contributed by atoms with E-state index in [1.54, 1.807) is 6.20 Å². The first kappa shape index (κ1) is 30.3. The van der Waals surface area contributed by atoms with Gasteiger partial charge in [0.2, 0.25) is 0 Å². The lowest BCUT2D eigenvalue weighted by Crippen LogP contribution is -2.11. The third-order valence-corrected chi connectivity index (χ3v) is 6.98. The van der Waals surface area contributed by atoms with E-state index in [4.69, 9.17) is 9.47 Å². The van der Waals surface area contributed by atoms with Crippen LogP contribution in [0, 0.1) is 0 Å². The van der Waals surface area contributed by atoms with Crippen LogP contribution in [0.2, 0.25) is 0 Å². The van der Waals surface area contributed by atoms with Gasteiger partial charge in [-0.15, -0.1) is 0 Å². The van der Waals surface area contributed by atoms with Crippen LogP contribution in [0.15, 0.2) is 60.9 Å². The zero-order chi connectivity index (χ0) is 27.5. The lowest BCUT2D eigenvalue weighted by atomic mass is 10.1. The normalized spacial score (nSPS) is 10.9. The maximum Gasteiger partial charge on any atom is 0.363 e. The van der Waals surface area contributed by atoms with Gasteiger partial charge in [0.15, 0.2) is 5.69 Å². The summed E-state index contributed by atoms with van der Waals surface area (Å²) in [5.74, 6) is 0.862. The van der Waals surface area contributed by atoms with Crippen molar-refractivity contribution in [2.45, 2.75) is 104 Å². The largest absolute Gasteiger partial charge is 0.494 e. The first-order valence-electron chi connectivity index (χ1n) is 15.1. The Kier molecular flexibility index (Phi) is 14.1. The van der Waals surface area contributed by atoms with E-state index in [1.807, 2.05) is 48.5 Å². The molecule has 0 aliphatic rings. The highest BCUT2D eigenvalue weighted by molar-refractivity contribution is 5.88. The fourth-order valence-electron chi connectivity index (χ4n) is 4.55. The highest BCUT2D eigenvalue weighted by Crippen LogP contribution is 2.21. The molecule has 0 saturated carbocycles. The summed E-state index contributed by atoms with van der Waals surface area (Å²) in [4.78, 5) is 21.2. The van der Waals surface area contributed by atoms with Crippen molar-refractivity contribution < 1.29 is 14.3 Å². The van der Waals surface area contributed by atoms with Crippen molar-refractivity contribution in [3.05, 3.63) is 72.2 Å². The van der Waals surface area contributed by atoms with Crippen LogP contribution in [0.1, 0.15) is 113 Å². The number of carbonyl (C=O) groups excluding carboxylic acids is 1. The second-order valence-corrected chi connectivity index (χ2v) is 10.3. The molecule has 1 aromatic heterocycles. The molecule has 0 radical (unpaired) electrons. The molecular formula is C34H46N2O3. The van der Waals surface area contributed by atoms with Gasteiger partial charge in [0.05, 0.1) is 24.7 Å². The molecule has 39 heavy (non-hydrogen) atoms. The Morgan fingerprint density at radius 2 is 1.23 bits per heavy atom. The van der Waals surface area contributed by atoms with Crippen molar-refractivity contribution >= 4 is 5.97 Å². The maximum absolute atomic E-state index is 12.5. The van der Waals surface area contributed by atoms with E-state index in [0.717, 1.165) is 30.8 Å². The number of hydrogen-bond donors (Lipinski definition) is 0. The number of unbranched alkanes of at least 4 members (excludes halogenated alkanes) is 11. The Bertz CT molecular complexity index is 1060. The number of nitrogens with zero attached hydrogens (tertiary/aromatic N) is 2. The van der Waals surface area contributed by atoms with Crippen LogP contribution in [0.25, 0.3) is 11.3 Å². The second-order valence-electron chi connectivity index (χ2n) is 10.3. The molecule has 0 spiro atoms. The van der Waals surface area contributed by atoms with Crippen molar-refractivity contribution in [2.24, 2.45) is 0 Å². The first-order valence-corrected chi connectivity index (χ1v) is 15.1. The summed E-state index contributed by atoms with van der Waals surface area (Å²) in [7, 11) is 0. The van der Waals surface area contributed by atoms with Gasteiger partial charge in [-0.3, -0.25) is 4.98 Å². The molecule has 0 unspecified atom stereocenters. The summed E-state index contributed by atoms with van der Waals surface area (Å²) in [6.07, 6.45) is 20.9. The molecule has 5 nitrogen and oxygen atoms in total. The van der Waals surface area contributed by atoms with E-state index >= 15 is 0 Å². The van der Waals surface area contributed by atoms with Gasteiger partial charge in [0.1, 0.15) is 11.5 Å². The highest BCUT2D eigenvalue weighted by Gasteiger charge is 2.12. The summed E-state index contributed by atoms with van der Waals surface area (Å²) in [6, 6.07) is 15.6. The predicted molar refractivity (Wildman–Crippen MR) is 159 cm³/mol. The number of aromatic nitrogens is 2. The van der Waals surface area contributed by atoms with Gasteiger partial charge in [0, 0.05) is 5.56 Å². The topological polar surface area (TPSA) is 61.3 Å². The van der Waals surface area contributed by atoms with Crippen molar-refractivity contribution in [1.82, 2.24) is 9.97 Å². The Labute approximate surface area is 235 Å². The average molecular weight is 531 g/mol. The standard InChI is InChI=1S/C34H46N2O3/c1-3-5-7-8-9-10-11-12-13-15-25-38-30-23-19-29(20-24-30)32-26-36-33(27-35-32)34(37)39-31-21-17-28(18-22-31)16-14-6-4-2/h17-24,26-27H,3-16,25H2,1-2H3. The van der Waals surface area contributed by atoms with E-state index in [1.165, 1.54) is 88.8 Å². The third kappa shape index (κ3) is 11.6. The van der Waals surface area contributed by atoms with Crippen LogP contribution in [-0.4, -0.2) is 22.5 Å². The summed E-state index contributed by atoms with van der Waals surface area (Å²) >= 11 is 0. The van der Waals surface area contributed by atoms with Crippen LogP contribution in [-0.2, 0) is 6.42 Å². The molecule has 5 heteroatoms. The van der Waals surface area contributed by atoms with Gasteiger partial charge >= 0.3 is 5.97 Å². The number of hydrogen-bond acceptors (Lipinski definition) is 5. The summed E-state index contributed by atoms with van der Waals surface area (Å²) < 4.78 is 11.4. The molecule has 0 saturated heterocycles. The SMILES string of the molecule is CCCCCCCCCCCCOc1ccc(-c2cnc(C(=O)Oc3ccc(CCCCC)cc3)cn2)cc1. The Morgan fingerprint density at radius 3 is 1.85 bits per heavy atom. The van der Waals surface area contributed by atoms with Crippen molar-refractivity contribution in [3.8, 4) is 22.8 Å². The maximum atomic E-state index is 12.5. The lowest BCUT2D eigenvalue weighted by Gasteiger charge is -2.08. The summed E-state index contributed by atoms with van der Waals surface area (Å²) in [5.41, 5.74) is 3.06. The van der Waals surface area contributed by atoms with Crippen molar-refractivity contribution in [3.63, 3.8) is 0 Å². The van der Waals surface area contributed by atoms with Gasteiger partial charge in [-0.2, -0.15) is 0 Å². The highest BCUT2D eigenvalue weighted by atomic mass is 16.5. The van der Waals surface area contributed by atoms with Crippen LogP contribution in [0.3, 0.4) is 0 Å². The fraction of sp³-hybridized carbons (Fsp3) is 0.500. The molecule has 0 amide bonds. The second kappa shape index (κ2) is 18.1. The van der Waals surface area contributed by atoms with E-state index in [2.05, 4.69) is 23.8 Å². The van der Waals surface area contributed by atoms with Crippen LogP contribution >= 0.6 is 0 Å². The number of ether oxygens (including phenoxy) is 2. The molecule has 210 valence electrons. The molecule has 0 N–H and O–H groups in total. The number of benzene rings is 2. The number of aryl methyl sites for hydroxylation is 1. The Morgan fingerprint density at radius 1 is 0.641 bits per heavy atom. The monoisotopic (exact) mass is 530 g/mol. The van der Waals surface area contributed by atoms with Gasteiger partial charge in [-0.25, -0.2) is 9.78 Å². The van der Waals surface area contributed by atoms with Gasteiger partial charge in [0.25, 0.3) is 0 Å². The third-order valence-electron chi connectivity index (χ3n) is 6.98. The quantitative estimate of drug-likeness (QED) is 0.0877. The summed E-state index contributed by atoms with van der Waals surface area (Å²) in [6.45, 7) is 5.21. The Balaban J connectivity index is 1.36. The predicted octanol–water partition coefficient (Wildman–Crippen LogP) is 9.40. The van der Waals surface area contributed by atoms with Crippen LogP contribution < -0.4 is 9.47 Å². The van der Waals surface area contributed by atoms with E-state index in [0.29, 0.717) is 11.4 Å². The van der Waals surface area contributed by atoms with E-state index in [-0.39, 0.29) is 5.69 Å². The molecular weight excluding hydrogens is 484 g/mol. The molecule has 0 bridgehead atoms. The zero-order valence-electron chi connectivity index (χ0n) is 24.0. The average Bonchev–Trinajstić information content (AvgIpc) is 2.97. The van der Waals surface area contributed by atoms with Crippen LogP contribution in [0.4, 0.5) is 0 Å². The molecule has 0 aliphatic carbocycles. The zero-order valence-corrected chi connectivity index (χ0v) is 24.0. The summed E-state index contributed by atoms with van der Waals surface area (Å²) in [5, 5.41) is 0. The molecule has 1 heterocycles. The molecule has 0 fully saturated rings. The van der Waals surface area contributed by atoms with Gasteiger partial charge in [-0.1, -0.05) is 96.6 Å². The van der Waals surface area contributed by atoms with E-state index in [9.17, 15) is 4.79 Å². The number of carbonyl (C=O) groups is 1. The minimum Gasteiger partial charge on any atom is -0.494 e. The molecule has 3 rings (SSSR count). The molecule has 3 aromatic rings. The minimum atomic E-state index is -0.511. The lowest BCUT2D eigenvalue weighted by molar-refractivity contribution is 0.0728.